The normalized spacial score (nSPS) is 23.0. The van der Waals surface area contributed by atoms with Crippen LogP contribution in [-0.2, 0) is 9.59 Å². The zero-order valence-electron chi connectivity index (χ0n) is 10.5. The highest BCUT2D eigenvalue weighted by atomic mass is 16.1. The number of ketones is 2. The number of Topliss-reactive ketones (excluding diaryl/α,β-unsaturated/α-hetero) is 2. The van der Waals surface area contributed by atoms with Crippen LogP contribution in [0.2, 0.25) is 0 Å². The van der Waals surface area contributed by atoms with E-state index in [1.807, 2.05) is 0 Å². The molecule has 0 aromatic rings. The third-order valence-corrected chi connectivity index (χ3v) is 4.09. The number of nitrogens with two attached hydrogens (primary N) is 1. The van der Waals surface area contributed by atoms with Gasteiger partial charge in [0, 0.05) is 22.3 Å². The summed E-state index contributed by atoms with van der Waals surface area (Å²) in [7, 11) is 0. The van der Waals surface area contributed by atoms with Gasteiger partial charge in [0.15, 0.2) is 11.6 Å². The first kappa shape index (κ1) is 12.2. The van der Waals surface area contributed by atoms with Crippen LogP contribution in [0.3, 0.4) is 0 Å². The third kappa shape index (κ3) is 2.00. The lowest BCUT2D eigenvalue weighted by atomic mass is 9.83. The summed E-state index contributed by atoms with van der Waals surface area (Å²) < 4.78 is 0. The molecule has 3 heteroatoms. The number of carbonyl (C=O) groups is 2. The zero-order chi connectivity index (χ0) is 12.6. The first-order valence-corrected chi connectivity index (χ1v) is 6.25. The minimum absolute atomic E-state index is 0.0785. The van der Waals surface area contributed by atoms with Gasteiger partial charge in [0.2, 0.25) is 0 Å². The van der Waals surface area contributed by atoms with Gasteiger partial charge >= 0.3 is 0 Å². The van der Waals surface area contributed by atoms with E-state index < -0.39 is 0 Å². The Morgan fingerprint density at radius 2 is 1.41 bits per heavy atom. The van der Waals surface area contributed by atoms with Crippen LogP contribution in [0.1, 0.15) is 39.5 Å². The summed E-state index contributed by atoms with van der Waals surface area (Å²) in [5.74, 6) is 0.603. The van der Waals surface area contributed by atoms with E-state index in [1.165, 1.54) is 0 Å². The van der Waals surface area contributed by atoms with Crippen LogP contribution in [0, 0.1) is 5.92 Å². The van der Waals surface area contributed by atoms with Crippen LogP contribution in [0.5, 0.6) is 0 Å². The van der Waals surface area contributed by atoms with E-state index in [1.54, 1.807) is 13.8 Å². The third-order valence-electron chi connectivity index (χ3n) is 4.09. The Hall–Kier alpha value is -1.22. The van der Waals surface area contributed by atoms with Crippen molar-refractivity contribution in [2.24, 2.45) is 11.7 Å². The Kier molecular flexibility index (Phi) is 3.29. The van der Waals surface area contributed by atoms with Crippen molar-refractivity contribution in [2.75, 3.05) is 6.54 Å². The molecule has 0 saturated carbocycles. The summed E-state index contributed by atoms with van der Waals surface area (Å²) in [6.45, 7) is 4.16. The Labute approximate surface area is 102 Å². The largest absolute Gasteiger partial charge is 0.330 e. The maximum absolute atomic E-state index is 12.2. The lowest BCUT2D eigenvalue weighted by molar-refractivity contribution is -0.116. The topological polar surface area (TPSA) is 60.2 Å². The van der Waals surface area contributed by atoms with Gasteiger partial charge < -0.3 is 5.73 Å². The Morgan fingerprint density at radius 1 is 1.00 bits per heavy atom. The van der Waals surface area contributed by atoms with Gasteiger partial charge in [0.1, 0.15) is 0 Å². The quantitative estimate of drug-likeness (QED) is 0.704. The fourth-order valence-electron chi connectivity index (χ4n) is 2.67. The van der Waals surface area contributed by atoms with Crippen molar-refractivity contribution in [2.45, 2.75) is 39.5 Å². The van der Waals surface area contributed by atoms with Gasteiger partial charge in [-0.15, -0.1) is 0 Å². The molecule has 17 heavy (non-hydrogen) atoms. The van der Waals surface area contributed by atoms with E-state index in [0.29, 0.717) is 36.5 Å². The minimum Gasteiger partial charge on any atom is -0.330 e. The van der Waals surface area contributed by atoms with E-state index in [-0.39, 0.29) is 11.6 Å². The second-order valence-corrected chi connectivity index (χ2v) is 5.04. The number of hydrogen-bond acceptors (Lipinski definition) is 3. The first-order chi connectivity index (χ1) is 8.06. The number of hydrogen-bond donors (Lipinski definition) is 1. The molecule has 0 unspecified atom stereocenters. The summed E-state index contributed by atoms with van der Waals surface area (Å²) in [4.78, 5) is 24.3. The van der Waals surface area contributed by atoms with Crippen LogP contribution >= 0.6 is 0 Å². The molecular formula is C14H19NO2. The van der Waals surface area contributed by atoms with E-state index >= 15 is 0 Å². The van der Waals surface area contributed by atoms with Gasteiger partial charge in [-0.2, -0.15) is 0 Å². The van der Waals surface area contributed by atoms with Gasteiger partial charge in [-0.05, 0) is 52.0 Å². The van der Waals surface area contributed by atoms with Crippen molar-refractivity contribution in [1.29, 1.82) is 0 Å². The van der Waals surface area contributed by atoms with Gasteiger partial charge in [0.25, 0.3) is 0 Å². The zero-order valence-corrected chi connectivity index (χ0v) is 10.5. The molecular weight excluding hydrogens is 214 g/mol. The SMILES string of the molecule is CC1=C(C)C(=O)C2=C(CCC(CN)CC2)C1=O. The summed E-state index contributed by atoms with van der Waals surface area (Å²) >= 11 is 0. The van der Waals surface area contributed by atoms with Crippen molar-refractivity contribution in [3.63, 3.8) is 0 Å². The van der Waals surface area contributed by atoms with Gasteiger partial charge in [-0.25, -0.2) is 0 Å². The van der Waals surface area contributed by atoms with Crippen molar-refractivity contribution in [3.8, 4) is 0 Å². The molecule has 0 bridgehead atoms. The van der Waals surface area contributed by atoms with Crippen molar-refractivity contribution in [1.82, 2.24) is 0 Å². The summed E-state index contributed by atoms with van der Waals surface area (Å²) in [5.41, 5.74) is 8.45. The lowest BCUT2D eigenvalue weighted by Gasteiger charge is -2.18. The maximum Gasteiger partial charge on any atom is 0.185 e. The summed E-state index contributed by atoms with van der Waals surface area (Å²) in [6.07, 6.45) is 3.29. The predicted octanol–water partition coefficient (Wildman–Crippen LogP) is 1.92. The number of rotatable bonds is 1. The molecule has 0 radical (unpaired) electrons. The number of allylic oxidation sites excluding steroid dienone is 4. The van der Waals surface area contributed by atoms with E-state index in [9.17, 15) is 9.59 Å². The lowest BCUT2D eigenvalue weighted by Crippen LogP contribution is -2.21. The molecule has 0 aromatic heterocycles. The van der Waals surface area contributed by atoms with E-state index in [4.69, 9.17) is 5.73 Å². The van der Waals surface area contributed by atoms with Gasteiger partial charge in [-0.1, -0.05) is 0 Å². The monoisotopic (exact) mass is 233 g/mol. The maximum atomic E-state index is 12.2. The molecule has 0 spiro atoms. The molecule has 2 aliphatic rings. The van der Waals surface area contributed by atoms with Gasteiger partial charge in [0.05, 0.1) is 0 Å². The number of carbonyl (C=O) groups excluding carboxylic acids is 2. The van der Waals surface area contributed by atoms with Crippen molar-refractivity contribution >= 4 is 11.6 Å². The Balaban J connectivity index is 2.34. The summed E-state index contributed by atoms with van der Waals surface area (Å²) in [5, 5.41) is 0. The highest BCUT2D eigenvalue weighted by Gasteiger charge is 2.31. The fraction of sp³-hybridized carbons (Fsp3) is 0.571. The van der Waals surface area contributed by atoms with Crippen molar-refractivity contribution < 1.29 is 9.59 Å². The van der Waals surface area contributed by atoms with Crippen LogP contribution in [0.4, 0.5) is 0 Å². The van der Waals surface area contributed by atoms with Crippen LogP contribution < -0.4 is 5.73 Å². The fourth-order valence-corrected chi connectivity index (χ4v) is 2.67. The van der Waals surface area contributed by atoms with Gasteiger partial charge in [-0.3, -0.25) is 9.59 Å². The molecule has 0 amide bonds. The Morgan fingerprint density at radius 3 is 1.76 bits per heavy atom. The summed E-state index contributed by atoms with van der Waals surface area (Å²) in [6, 6.07) is 0. The second kappa shape index (κ2) is 4.57. The molecule has 0 saturated heterocycles. The van der Waals surface area contributed by atoms with E-state index in [0.717, 1.165) is 24.0 Å². The molecule has 0 fully saturated rings. The molecule has 0 aromatic carbocycles. The smallest absolute Gasteiger partial charge is 0.185 e. The van der Waals surface area contributed by atoms with Crippen LogP contribution in [0.15, 0.2) is 22.3 Å². The molecule has 0 aliphatic heterocycles. The van der Waals surface area contributed by atoms with Crippen LogP contribution in [0.25, 0.3) is 0 Å². The molecule has 2 rings (SSSR count). The second-order valence-electron chi connectivity index (χ2n) is 5.04. The highest BCUT2D eigenvalue weighted by molar-refractivity contribution is 6.24. The molecule has 0 heterocycles. The first-order valence-electron chi connectivity index (χ1n) is 6.25. The average molecular weight is 233 g/mol. The van der Waals surface area contributed by atoms with Crippen LogP contribution in [-0.4, -0.2) is 18.1 Å². The molecule has 2 N–H and O–H groups in total. The highest BCUT2D eigenvalue weighted by Crippen LogP contribution is 2.34. The van der Waals surface area contributed by atoms with E-state index in [2.05, 4.69) is 0 Å². The molecule has 2 aliphatic carbocycles. The predicted molar refractivity (Wildman–Crippen MR) is 66.4 cm³/mol. The molecule has 3 nitrogen and oxygen atoms in total. The standard InChI is InChI=1S/C14H19NO2/c1-8-9(2)14(17)12-6-4-10(7-15)3-5-11(12)13(8)16/h10H,3-7,15H2,1-2H3. The average Bonchev–Trinajstić information content (AvgIpc) is 2.56. The minimum atomic E-state index is 0.0785. The van der Waals surface area contributed by atoms with Crippen molar-refractivity contribution in [3.05, 3.63) is 22.3 Å². The molecule has 92 valence electrons. The Bertz CT molecular complexity index is 405. The molecule has 0 atom stereocenters.